The van der Waals surface area contributed by atoms with Crippen molar-refractivity contribution in [3.63, 3.8) is 0 Å². The Morgan fingerprint density at radius 3 is 2.80 bits per heavy atom. The topological polar surface area (TPSA) is 20.2 Å². The molecule has 2 rings (SSSR count). The third-order valence-electron chi connectivity index (χ3n) is 3.19. The minimum absolute atomic E-state index is 0.219. The summed E-state index contributed by atoms with van der Waals surface area (Å²) < 4.78 is 12.9. The monoisotopic (exact) mass is 208 g/mol. The van der Waals surface area contributed by atoms with Crippen LogP contribution in [-0.2, 0) is 6.42 Å². The van der Waals surface area contributed by atoms with Crippen molar-refractivity contribution >= 4 is 0 Å². The highest BCUT2D eigenvalue weighted by Crippen LogP contribution is 2.31. The van der Waals surface area contributed by atoms with Gasteiger partial charge in [0.15, 0.2) is 0 Å². The number of halogens is 1. The van der Waals surface area contributed by atoms with Gasteiger partial charge in [-0.2, -0.15) is 0 Å². The largest absolute Gasteiger partial charge is 0.393 e. The Labute approximate surface area is 89.9 Å². The van der Waals surface area contributed by atoms with E-state index in [9.17, 15) is 9.50 Å². The molecule has 15 heavy (non-hydrogen) atoms. The van der Waals surface area contributed by atoms with E-state index in [2.05, 4.69) is 0 Å². The predicted molar refractivity (Wildman–Crippen MR) is 58.1 cm³/mol. The lowest BCUT2D eigenvalue weighted by Gasteiger charge is -2.27. The average Bonchev–Trinajstić information content (AvgIpc) is 2.11. The molecule has 1 aromatic rings. The Morgan fingerprint density at radius 1 is 1.40 bits per heavy atom. The van der Waals surface area contributed by atoms with Gasteiger partial charge in [-0.05, 0) is 36.5 Å². The normalized spacial score (nSPS) is 18.5. The maximum absolute atomic E-state index is 12.9. The highest BCUT2D eigenvalue weighted by molar-refractivity contribution is 5.17. The second-order valence-corrected chi connectivity index (χ2v) is 4.52. The van der Waals surface area contributed by atoms with Crippen LogP contribution in [0.2, 0.25) is 0 Å². The fraction of sp³-hybridized carbons (Fsp3) is 0.538. The summed E-state index contributed by atoms with van der Waals surface area (Å²) in [5.74, 6) is 0.483. The van der Waals surface area contributed by atoms with Crippen LogP contribution in [-0.4, -0.2) is 11.2 Å². The van der Waals surface area contributed by atoms with Crippen molar-refractivity contribution in [3.05, 3.63) is 35.6 Å². The molecule has 0 radical (unpaired) electrons. The van der Waals surface area contributed by atoms with Gasteiger partial charge >= 0.3 is 0 Å². The van der Waals surface area contributed by atoms with Gasteiger partial charge in [0.25, 0.3) is 0 Å². The SMILES string of the molecule is OC(Cc1cccc(F)c1)CC1CCC1. The molecule has 1 saturated carbocycles. The van der Waals surface area contributed by atoms with Crippen molar-refractivity contribution in [1.29, 1.82) is 0 Å². The zero-order valence-electron chi connectivity index (χ0n) is 8.82. The van der Waals surface area contributed by atoms with E-state index in [4.69, 9.17) is 0 Å². The Hall–Kier alpha value is -0.890. The lowest BCUT2D eigenvalue weighted by Crippen LogP contribution is -2.20. The molecule has 2 heteroatoms. The second kappa shape index (κ2) is 4.75. The number of hydrogen-bond donors (Lipinski definition) is 1. The zero-order valence-corrected chi connectivity index (χ0v) is 8.82. The van der Waals surface area contributed by atoms with E-state index in [0.717, 1.165) is 12.0 Å². The summed E-state index contributed by atoms with van der Waals surface area (Å²) in [6, 6.07) is 6.50. The summed E-state index contributed by atoms with van der Waals surface area (Å²) in [5, 5.41) is 9.81. The van der Waals surface area contributed by atoms with Crippen LogP contribution in [0.15, 0.2) is 24.3 Å². The highest BCUT2D eigenvalue weighted by atomic mass is 19.1. The molecule has 1 atom stereocenters. The van der Waals surface area contributed by atoms with Gasteiger partial charge in [0.1, 0.15) is 5.82 Å². The summed E-state index contributed by atoms with van der Waals surface area (Å²) >= 11 is 0. The van der Waals surface area contributed by atoms with Gasteiger partial charge < -0.3 is 5.11 Å². The average molecular weight is 208 g/mol. The maximum atomic E-state index is 12.9. The van der Waals surface area contributed by atoms with E-state index in [1.807, 2.05) is 6.07 Å². The van der Waals surface area contributed by atoms with Crippen molar-refractivity contribution < 1.29 is 9.50 Å². The molecular weight excluding hydrogens is 191 g/mol. The Bertz CT molecular complexity index is 320. The van der Waals surface area contributed by atoms with Crippen molar-refractivity contribution in [2.75, 3.05) is 0 Å². The number of rotatable bonds is 4. The summed E-state index contributed by atoms with van der Waals surface area (Å²) in [5.41, 5.74) is 0.891. The van der Waals surface area contributed by atoms with E-state index in [0.29, 0.717) is 12.3 Å². The fourth-order valence-electron chi connectivity index (χ4n) is 2.13. The van der Waals surface area contributed by atoms with Gasteiger partial charge in [0.05, 0.1) is 6.10 Å². The fourth-order valence-corrected chi connectivity index (χ4v) is 2.13. The molecule has 1 aliphatic rings. The molecule has 0 amide bonds. The van der Waals surface area contributed by atoms with E-state index >= 15 is 0 Å². The lowest BCUT2D eigenvalue weighted by molar-refractivity contribution is 0.118. The Balaban J connectivity index is 1.84. The molecule has 1 aliphatic carbocycles. The van der Waals surface area contributed by atoms with Crippen LogP contribution in [0.1, 0.15) is 31.2 Å². The van der Waals surface area contributed by atoms with Crippen molar-refractivity contribution in [2.24, 2.45) is 5.92 Å². The third-order valence-corrected chi connectivity index (χ3v) is 3.19. The van der Waals surface area contributed by atoms with Crippen molar-refractivity contribution in [3.8, 4) is 0 Å². The third kappa shape index (κ3) is 3.03. The molecule has 82 valence electrons. The minimum Gasteiger partial charge on any atom is -0.393 e. The van der Waals surface area contributed by atoms with Gasteiger partial charge in [0.2, 0.25) is 0 Å². The maximum Gasteiger partial charge on any atom is 0.123 e. The first-order valence-corrected chi connectivity index (χ1v) is 5.66. The van der Waals surface area contributed by atoms with Crippen LogP contribution in [0.5, 0.6) is 0 Å². The van der Waals surface area contributed by atoms with Crippen LogP contribution < -0.4 is 0 Å². The highest BCUT2D eigenvalue weighted by Gasteiger charge is 2.20. The molecule has 1 aromatic carbocycles. The van der Waals surface area contributed by atoms with Crippen LogP contribution in [0.4, 0.5) is 4.39 Å². The molecule has 1 N–H and O–H groups in total. The molecule has 1 unspecified atom stereocenters. The van der Waals surface area contributed by atoms with Gasteiger partial charge in [-0.1, -0.05) is 31.4 Å². The first-order valence-electron chi connectivity index (χ1n) is 5.66. The molecule has 0 heterocycles. The lowest BCUT2D eigenvalue weighted by atomic mass is 9.80. The molecule has 0 bridgehead atoms. The molecule has 0 aliphatic heterocycles. The van der Waals surface area contributed by atoms with E-state index in [1.165, 1.54) is 31.4 Å². The van der Waals surface area contributed by atoms with Crippen LogP contribution in [0, 0.1) is 11.7 Å². The molecule has 1 fully saturated rings. The molecule has 0 aromatic heterocycles. The van der Waals surface area contributed by atoms with Crippen LogP contribution >= 0.6 is 0 Å². The number of hydrogen-bond acceptors (Lipinski definition) is 1. The standard InChI is InChI=1S/C13H17FO/c14-12-6-2-5-11(7-12)9-13(15)8-10-3-1-4-10/h2,5-7,10,13,15H,1,3-4,8-9H2. The van der Waals surface area contributed by atoms with Crippen molar-refractivity contribution in [1.82, 2.24) is 0 Å². The summed E-state index contributed by atoms with van der Waals surface area (Å²) in [6.45, 7) is 0. The molecule has 0 saturated heterocycles. The number of aliphatic hydroxyl groups excluding tert-OH is 1. The number of aliphatic hydroxyl groups is 1. The molecule has 1 nitrogen and oxygen atoms in total. The summed E-state index contributed by atoms with van der Waals surface area (Å²) in [6.07, 6.45) is 4.94. The van der Waals surface area contributed by atoms with E-state index < -0.39 is 0 Å². The first kappa shape index (κ1) is 10.6. The zero-order chi connectivity index (χ0) is 10.7. The second-order valence-electron chi connectivity index (χ2n) is 4.52. The van der Waals surface area contributed by atoms with Crippen LogP contribution in [0.3, 0.4) is 0 Å². The Morgan fingerprint density at radius 2 is 2.20 bits per heavy atom. The smallest absolute Gasteiger partial charge is 0.123 e. The van der Waals surface area contributed by atoms with E-state index in [1.54, 1.807) is 6.07 Å². The van der Waals surface area contributed by atoms with Gasteiger partial charge in [-0.15, -0.1) is 0 Å². The predicted octanol–water partition coefficient (Wildman–Crippen LogP) is 2.92. The number of benzene rings is 1. The van der Waals surface area contributed by atoms with Gasteiger partial charge in [0, 0.05) is 0 Å². The minimum atomic E-state index is -0.308. The Kier molecular flexibility index (Phi) is 3.37. The first-order chi connectivity index (χ1) is 7.24. The summed E-state index contributed by atoms with van der Waals surface area (Å²) in [4.78, 5) is 0. The van der Waals surface area contributed by atoms with E-state index in [-0.39, 0.29) is 11.9 Å². The van der Waals surface area contributed by atoms with Gasteiger partial charge in [-0.25, -0.2) is 4.39 Å². The quantitative estimate of drug-likeness (QED) is 0.806. The molecular formula is C13H17FO. The van der Waals surface area contributed by atoms with Gasteiger partial charge in [-0.3, -0.25) is 0 Å². The molecule has 0 spiro atoms. The summed E-state index contributed by atoms with van der Waals surface area (Å²) in [7, 11) is 0. The van der Waals surface area contributed by atoms with Crippen molar-refractivity contribution in [2.45, 2.75) is 38.2 Å². The van der Waals surface area contributed by atoms with Crippen LogP contribution in [0.25, 0.3) is 0 Å².